The monoisotopic (exact) mass is 414 g/mol. The lowest BCUT2D eigenvalue weighted by Crippen LogP contribution is -2.47. The number of nitrogens with one attached hydrogen (secondary N) is 1. The first kappa shape index (κ1) is 18.7. The summed E-state index contributed by atoms with van der Waals surface area (Å²) >= 11 is 12.3. The Bertz CT molecular complexity index is 972. The molecular weight excluding hydrogens is 395 g/mol. The lowest BCUT2D eigenvalue weighted by molar-refractivity contribution is 0.647. The number of benzene rings is 2. The molecule has 0 radical (unpaired) electrons. The molecule has 144 valence electrons. The molecule has 1 saturated heterocycles. The van der Waals surface area contributed by atoms with E-state index in [2.05, 4.69) is 31.2 Å². The maximum absolute atomic E-state index is 6.37. The third-order valence-electron chi connectivity index (χ3n) is 4.74. The Labute approximate surface area is 173 Å². The molecule has 3 N–H and O–H groups in total. The van der Waals surface area contributed by atoms with Gasteiger partial charge in [-0.05, 0) is 30.3 Å². The van der Waals surface area contributed by atoms with Crippen molar-refractivity contribution in [1.29, 1.82) is 0 Å². The maximum Gasteiger partial charge on any atom is 0.159 e. The Hall–Kier alpha value is -2.70. The van der Waals surface area contributed by atoms with E-state index in [1.165, 1.54) is 6.33 Å². The molecule has 2 heterocycles. The molecule has 0 amide bonds. The molecule has 0 bridgehead atoms. The molecule has 1 aliphatic rings. The summed E-state index contributed by atoms with van der Waals surface area (Å²) in [6.07, 6.45) is 1.52. The van der Waals surface area contributed by atoms with Gasteiger partial charge in [-0.1, -0.05) is 41.4 Å². The molecule has 0 spiro atoms. The fraction of sp³-hybridized carbons (Fsp3) is 0.200. The molecule has 28 heavy (non-hydrogen) atoms. The second kappa shape index (κ2) is 8.12. The van der Waals surface area contributed by atoms with Crippen molar-refractivity contribution in [3.05, 3.63) is 64.9 Å². The van der Waals surface area contributed by atoms with Crippen LogP contribution in [0.15, 0.2) is 54.9 Å². The van der Waals surface area contributed by atoms with Crippen LogP contribution in [-0.4, -0.2) is 36.1 Å². The summed E-state index contributed by atoms with van der Waals surface area (Å²) in [5.41, 5.74) is 8.77. The third kappa shape index (κ3) is 3.93. The highest BCUT2D eigenvalue weighted by molar-refractivity contribution is 6.33. The number of hydrogen-bond donors (Lipinski definition) is 2. The van der Waals surface area contributed by atoms with Gasteiger partial charge in [-0.3, -0.25) is 0 Å². The number of piperazine rings is 1. The number of hydrogen-bond acceptors (Lipinski definition) is 6. The Balaban J connectivity index is 1.49. The standard InChI is InChI=1S/C20H20Cl2N6/c21-14-4-3-5-15(12-14)27-8-10-28(11-9-27)20-18(23)19(24-13-25-20)26-17-7-2-1-6-16(17)22/h1-7,12-13H,8-11,23H2,(H,24,25,26). The van der Waals surface area contributed by atoms with Crippen molar-refractivity contribution in [2.75, 3.05) is 47.0 Å². The van der Waals surface area contributed by atoms with E-state index < -0.39 is 0 Å². The highest BCUT2D eigenvalue weighted by Crippen LogP contribution is 2.32. The van der Waals surface area contributed by atoms with E-state index >= 15 is 0 Å². The zero-order valence-electron chi connectivity index (χ0n) is 15.1. The highest BCUT2D eigenvalue weighted by Gasteiger charge is 2.22. The van der Waals surface area contributed by atoms with E-state index in [4.69, 9.17) is 28.9 Å². The topological polar surface area (TPSA) is 70.3 Å². The molecule has 1 aromatic heterocycles. The van der Waals surface area contributed by atoms with E-state index in [1.807, 2.05) is 42.5 Å². The highest BCUT2D eigenvalue weighted by atomic mass is 35.5. The molecule has 1 fully saturated rings. The fourth-order valence-corrected chi connectivity index (χ4v) is 3.64. The summed E-state index contributed by atoms with van der Waals surface area (Å²) in [6.45, 7) is 3.33. The van der Waals surface area contributed by atoms with Crippen molar-refractivity contribution in [2.24, 2.45) is 0 Å². The van der Waals surface area contributed by atoms with Gasteiger partial charge in [0.1, 0.15) is 12.0 Å². The molecule has 0 atom stereocenters. The molecule has 2 aromatic carbocycles. The SMILES string of the molecule is Nc1c(Nc2ccccc2Cl)ncnc1N1CCN(c2cccc(Cl)c2)CC1. The Morgan fingerprint density at radius 3 is 2.39 bits per heavy atom. The average Bonchev–Trinajstić information content (AvgIpc) is 2.71. The molecule has 0 aliphatic carbocycles. The number of aromatic nitrogens is 2. The second-order valence-corrected chi connectivity index (χ2v) is 7.36. The zero-order valence-corrected chi connectivity index (χ0v) is 16.7. The molecule has 0 unspecified atom stereocenters. The van der Waals surface area contributed by atoms with E-state index in [0.29, 0.717) is 16.5 Å². The van der Waals surface area contributed by atoms with E-state index in [-0.39, 0.29) is 0 Å². The van der Waals surface area contributed by atoms with Crippen LogP contribution >= 0.6 is 23.2 Å². The number of anilines is 5. The van der Waals surface area contributed by atoms with Gasteiger partial charge in [-0.25, -0.2) is 9.97 Å². The van der Waals surface area contributed by atoms with E-state index in [1.54, 1.807) is 0 Å². The van der Waals surface area contributed by atoms with Crippen LogP contribution < -0.4 is 20.9 Å². The summed E-state index contributed by atoms with van der Waals surface area (Å²) < 4.78 is 0. The number of nitrogens with two attached hydrogens (primary N) is 1. The van der Waals surface area contributed by atoms with E-state index in [9.17, 15) is 0 Å². The van der Waals surface area contributed by atoms with Crippen molar-refractivity contribution >= 4 is 51.9 Å². The number of nitrogen functional groups attached to an aromatic ring is 1. The van der Waals surface area contributed by atoms with Crippen LogP contribution in [0.4, 0.5) is 28.7 Å². The first-order chi connectivity index (χ1) is 13.6. The number of halogens is 2. The van der Waals surface area contributed by atoms with Gasteiger partial charge in [-0.15, -0.1) is 0 Å². The lowest BCUT2D eigenvalue weighted by Gasteiger charge is -2.37. The summed E-state index contributed by atoms with van der Waals surface area (Å²) in [5, 5.41) is 4.56. The van der Waals surface area contributed by atoms with Crippen molar-refractivity contribution in [3.63, 3.8) is 0 Å². The van der Waals surface area contributed by atoms with Gasteiger partial charge in [0.15, 0.2) is 11.6 Å². The average molecular weight is 415 g/mol. The van der Waals surface area contributed by atoms with Gasteiger partial charge in [0.05, 0.1) is 10.7 Å². The predicted molar refractivity (Wildman–Crippen MR) is 117 cm³/mol. The summed E-state index contributed by atoms with van der Waals surface area (Å²) in [7, 11) is 0. The van der Waals surface area contributed by atoms with Gasteiger partial charge >= 0.3 is 0 Å². The summed E-state index contributed by atoms with van der Waals surface area (Å²) in [6, 6.07) is 15.4. The van der Waals surface area contributed by atoms with Crippen molar-refractivity contribution < 1.29 is 0 Å². The largest absolute Gasteiger partial charge is 0.393 e. The predicted octanol–water partition coefficient (Wildman–Crippen LogP) is 4.44. The Kier molecular flexibility index (Phi) is 5.41. The van der Waals surface area contributed by atoms with Gasteiger partial charge in [0.2, 0.25) is 0 Å². The fourth-order valence-electron chi connectivity index (χ4n) is 3.28. The van der Waals surface area contributed by atoms with Gasteiger partial charge in [0.25, 0.3) is 0 Å². The van der Waals surface area contributed by atoms with Gasteiger partial charge in [-0.2, -0.15) is 0 Å². The normalized spacial score (nSPS) is 14.2. The van der Waals surface area contributed by atoms with Crippen LogP contribution in [0, 0.1) is 0 Å². The minimum Gasteiger partial charge on any atom is -0.393 e. The number of nitrogens with zero attached hydrogens (tertiary/aromatic N) is 4. The summed E-state index contributed by atoms with van der Waals surface area (Å²) in [5.74, 6) is 1.28. The summed E-state index contributed by atoms with van der Waals surface area (Å²) in [4.78, 5) is 13.2. The van der Waals surface area contributed by atoms with Crippen LogP contribution in [0.1, 0.15) is 0 Å². The van der Waals surface area contributed by atoms with Gasteiger partial charge in [0, 0.05) is 36.9 Å². The van der Waals surface area contributed by atoms with Crippen molar-refractivity contribution in [3.8, 4) is 0 Å². The number of para-hydroxylation sites is 1. The zero-order chi connectivity index (χ0) is 19.5. The maximum atomic E-state index is 6.37. The molecule has 0 saturated carbocycles. The van der Waals surface area contributed by atoms with Crippen LogP contribution in [0.2, 0.25) is 10.0 Å². The van der Waals surface area contributed by atoms with Gasteiger partial charge < -0.3 is 20.9 Å². The Morgan fingerprint density at radius 1 is 0.893 bits per heavy atom. The first-order valence-corrected chi connectivity index (χ1v) is 9.75. The molecule has 3 aromatic rings. The second-order valence-electron chi connectivity index (χ2n) is 6.52. The van der Waals surface area contributed by atoms with Crippen LogP contribution in [0.3, 0.4) is 0 Å². The Morgan fingerprint density at radius 2 is 1.64 bits per heavy atom. The molecule has 4 rings (SSSR count). The van der Waals surface area contributed by atoms with Crippen molar-refractivity contribution in [1.82, 2.24) is 9.97 Å². The van der Waals surface area contributed by atoms with Crippen LogP contribution in [0.5, 0.6) is 0 Å². The van der Waals surface area contributed by atoms with Crippen LogP contribution in [-0.2, 0) is 0 Å². The quantitative estimate of drug-likeness (QED) is 0.657. The molecule has 8 heteroatoms. The van der Waals surface area contributed by atoms with Crippen LogP contribution in [0.25, 0.3) is 0 Å². The van der Waals surface area contributed by atoms with Crippen molar-refractivity contribution in [2.45, 2.75) is 0 Å². The van der Waals surface area contributed by atoms with E-state index in [0.717, 1.165) is 48.4 Å². The molecular formula is C20H20Cl2N6. The smallest absolute Gasteiger partial charge is 0.159 e. The number of rotatable bonds is 4. The minimum atomic E-state index is 0.513. The third-order valence-corrected chi connectivity index (χ3v) is 5.31. The molecule has 1 aliphatic heterocycles. The lowest BCUT2D eigenvalue weighted by atomic mass is 10.2. The first-order valence-electron chi connectivity index (χ1n) is 8.99. The minimum absolute atomic E-state index is 0.513. The molecule has 6 nitrogen and oxygen atoms in total.